The molecule has 0 radical (unpaired) electrons. The Hall–Kier alpha value is -3.03. The molecule has 0 saturated carbocycles. The molecule has 3 aromatic rings. The number of aryl methyl sites for hydroxylation is 1. The topological polar surface area (TPSA) is 81.7 Å². The quantitative estimate of drug-likeness (QED) is 0.712. The van der Waals surface area contributed by atoms with Crippen molar-refractivity contribution in [1.82, 2.24) is 34.7 Å². The summed E-state index contributed by atoms with van der Waals surface area (Å²) in [7, 11) is 1.99. The van der Waals surface area contributed by atoms with Gasteiger partial charge in [0.25, 0.3) is 0 Å². The fraction of sp³-hybridized carbons (Fsp3) is 0.353. The molecule has 1 saturated heterocycles. The van der Waals surface area contributed by atoms with Gasteiger partial charge in [0.05, 0.1) is 0 Å². The number of nitrogens with zero attached hydrogens (tertiary/aromatic N) is 7. The van der Waals surface area contributed by atoms with E-state index < -0.39 is 0 Å². The maximum Gasteiger partial charge on any atom is 0.244 e. The van der Waals surface area contributed by atoms with Crippen LogP contribution in [0.5, 0.6) is 0 Å². The Morgan fingerprint density at radius 2 is 2.12 bits per heavy atom. The number of carbonyl (C=O) groups is 1. The number of amides is 1. The highest BCUT2D eigenvalue weighted by atomic mass is 16.2. The van der Waals surface area contributed by atoms with Crippen molar-refractivity contribution in [3.8, 4) is 11.4 Å². The van der Waals surface area contributed by atoms with Gasteiger partial charge in [-0.25, -0.2) is 9.67 Å². The maximum absolute atomic E-state index is 12.7. The first-order chi connectivity index (χ1) is 12.2. The van der Waals surface area contributed by atoms with E-state index in [0.717, 1.165) is 24.4 Å². The second kappa shape index (κ2) is 6.46. The Labute approximate surface area is 145 Å². The average molecular weight is 337 g/mol. The molecule has 1 fully saturated rings. The van der Waals surface area contributed by atoms with Crippen LogP contribution in [0.25, 0.3) is 11.4 Å². The summed E-state index contributed by atoms with van der Waals surface area (Å²) in [5.74, 6) is 1.95. The van der Waals surface area contributed by atoms with Gasteiger partial charge in [-0.1, -0.05) is 30.3 Å². The molecule has 8 nitrogen and oxygen atoms in total. The zero-order valence-electron chi connectivity index (χ0n) is 14.0. The number of hydrogen-bond acceptors (Lipinski definition) is 5. The summed E-state index contributed by atoms with van der Waals surface area (Å²) in [6.07, 6.45) is 4.66. The Kier molecular flexibility index (Phi) is 4.01. The van der Waals surface area contributed by atoms with E-state index in [2.05, 4.69) is 20.5 Å². The van der Waals surface area contributed by atoms with Crippen molar-refractivity contribution in [2.24, 2.45) is 7.05 Å². The fourth-order valence-electron chi connectivity index (χ4n) is 3.30. The molecule has 128 valence electrons. The van der Waals surface area contributed by atoms with E-state index >= 15 is 0 Å². The Morgan fingerprint density at radius 1 is 1.28 bits per heavy atom. The van der Waals surface area contributed by atoms with E-state index in [9.17, 15) is 4.79 Å². The lowest BCUT2D eigenvalue weighted by Gasteiger charge is -2.16. The maximum atomic E-state index is 12.7. The van der Waals surface area contributed by atoms with Crippen molar-refractivity contribution in [2.75, 3.05) is 13.1 Å². The zero-order valence-corrected chi connectivity index (χ0v) is 14.0. The van der Waals surface area contributed by atoms with E-state index in [4.69, 9.17) is 0 Å². The summed E-state index contributed by atoms with van der Waals surface area (Å²) < 4.78 is 3.58. The minimum Gasteiger partial charge on any atom is -0.340 e. The molecule has 3 heterocycles. The molecule has 1 amide bonds. The van der Waals surface area contributed by atoms with Crippen LogP contribution in [0.4, 0.5) is 0 Å². The third-order valence-corrected chi connectivity index (χ3v) is 4.61. The van der Waals surface area contributed by atoms with Gasteiger partial charge in [0, 0.05) is 44.0 Å². The van der Waals surface area contributed by atoms with Gasteiger partial charge in [-0.05, 0) is 16.8 Å². The molecule has 25 heavy (non-hydrogen) atoms. The highest BCUT2D eigenvalue weighted by Gasteiger charge is 2.30. The van der Waals surface area contributed by atoms with Crippen LogP contribution in [-0.4, -0.2) is 53.7 Å². The summed E-state index contributed by atoms with van der Waals surface area (Å²) in [5.41, 5.74) is 0.896. The molecule has 1 aliphatic rings. The molecular weight excluding hydrogens is 318 g/mol. The van der Waals surface area contributed by atoms with Crippen LogP contribution < -0.4 is 0 Å². The zero-order chi connectivity index (χ0) is 17.2. The Bertz CT molecular complexity index is 870. The first-order valence-corrected chi connectivity index (χ1v) is 8.29. The van der Waals surface area contributed by atoms with Crippen molar-refractivity contribution in [3.05, 3.63) is 48.5 Å². The first-order valence-electron chi connectivity index (χ1n) is 8.29. The van der Waals surface area contributed by atoms with Gasteiger partial charge in [0.1, 0.15) is 12.4 Å². The first kappa shape index (κ1) is 15.5. The predicted molar refractivity (Wildman–Crippen MR) is 90.4 cm³/mol. The number of likely N-dealkylation sites (tertiary alicyclic amines) is 1. The van der Waals surface area contributed by atoms with E-state index in [-0.39, 0.29) is 18.4 Å². The smallest absolute Gasteiger partial charge is 0.244 e. The summed E-state index contributed by atoms with van der Waals surface area (Å²) in [5, 5.41) is 11.8. The third kappa shape index (κ3) is 3.02. The van der Waals surface area contributed by atoms with Gasteiger partial charge in [-0.3, -0.25) is 4.79 Å². The van der Waals surface area contributed by atoms with Crippen molar-refractivity contribution in [3.63, 3.8) is 0 Å². The molecule has 0 N–H and O–H groups in total. The second-order valence-corrected chi connectivity index (χ2v) is 6.25. The van der Waals surface area contributed by atoms with Gasteiger partial charge >= 0.3 is 0 Å². The monoisotopic (exact) mass is 337 g/mol. The van der Waals surface area contributed by atoms with Crippen molar-refractivity contribution < 1.29 is 4.79 Å². The number of benzene rings is 1. The summed E-state index contributed by atoms with van der Waals surface area (Å²) >= 11 is 0. The molecule has 1 aliphatic heterocycles. The number of rotatable bonds is 4. The van der Waals surface area contributed by atoms with Crippen molar-refractivity contribution in [1.29, 1.82) is 0 Å². The van der Waals surface area contributed by atoms with Crippen LogP contribution in [0.1, 0.15) is 18.2 Å². The van der Waals surface area contributed by atoms with E-state index in [0.29, 0.717) is 12.4 Å². The van der Waals surface area contributed by atoms with Crippen LogP contribution in [-0.2, 0) is 18.4 Å². The van der Waals surface area contributed by atoms with Crippen LogP contribution >= 0.6 is 0 Å². The minimum absolute atomic E-state index is 0.0289. The number of tetrazole rings is 1. The van der Waals surface area contributed by atoms with Crippen LogP contribution in [0.2, 0.25) is 0 Å². The molecule has 1 atom stereocenters. The lowest BCUT2D eigenvalue weighted by Crippen LogP contribution is -2.32. The van der Waals surface area contributed by atoms with E-state index in [1.165, 1.54) is 0 Å². The molecule has 1 unspecified atom stereocenters. The van der Waals surface area contributed by atoms with Crippen LogP contribution in [0.3, 0.4) is 0 Å². The number of hydrogen-bond donors (Lipinski definition) is 0. The SMILES string of the molecule is Cn1ccnc1C1CCN(C(=O)Cn2nnnc2-c2ccccc2)C1. The average Bonchev–Trinajstić information content (AvgIpc) is 3.35. The van der Waals surface area contributed by atoms with Crippen molar-refractivity contribution >= 4 is 5.91 Å². The summed E-state index contributed by atoms with van der Waals surface area (Å²) in [6, 6.07) is 9.65. The molecule has 0 aliphatic carbocycles. The molecule has 2 aromatic heterocycles. The van der Waals surface area contributed by atoms with Gasteiger partial charge in [0.15, 0.2) is 5.82 Å². The van der Waals surface area contributed by atoms with Gasteiger partial charge < -0.3 is 9.47 Å². The number of aromatic nitrogens is 6. The number of imidazole rings is 1. The molecule has 1 aromatic carbocycles. The Morgan fingerprint density at radius 3 is 2.88 bits per heavy atom. The van der Waals surface area contributed by atoms with E-state index in [1.54, 1.807) is 10.9 Å². The van der Waals surface area contributed by atoms with Gasteiger partial charge in [-0.2, -0.15) is 0 Å². The summed E-state index contributed by atoms with van der Waals surface area (Å²) in [4.78, 5) is 19.0. The Balaban J connectivity index is 1.45. The van der Waals surface area contributed by atoms with Crippen LogP contribution in [0, 0.1) is 0 Å². The van der Waals surface area contributed by atoms with Crippen LogP contribution in [0.15, 0.2) is 42.7 Å². The third-order valence-electron chi connectivity index (χ3n) is 4.61. The lowest BCUT2D eigenvalue weighted by molar-refractivity contribution is -0.131. The van der Waals surface area contributed by atoms with E-state index in [1.807, 2.05) is 53.0 Å². The van der Waals surface area contributed by atoms with Gasteiger partial charge in [0.2, 0.25) is 5.91 Å². The highest BCUT2D eigenvalue weighted by Crippen LogP contribution is 2.26. The largest absolute Gasteiger partial charge is 0.340 e. The molecule has 4 rings (SSSR count). The number of carbonyl (C=O) groups excluding carboxylic acids is 1. The predicted octanol–water partition coefficient (Wildman–Crippen LogP) is 1.09. The molecule has 8 heteroatoms. The van der Waals surface area contributed by atoms with Crippen molar-refractivity contribution in [2.45, 2.75) is 18.9 Å². The minimum atomic E-state index is 0.0289. The standard InChI is InChI=1S/C17H19N7O/c1-22-10-8-18-16(22)14-7-9-23(11-14)15(25)12-24-17(19-20-21-24)13-5-3-2-4-6-13/h2-6,8,10,14H,7,9,11-12H2,1H3. The second-order valence-electron chi connectivity index (χ2n) is 6.25. The summed E-state index contributed by atoms with van der Waals surface area (Å²) in [6.45, 7) is 1.57. The normalized spacial score (nSPS) is 17.2. The molecular formula is C17H19N7O. The lowest BCUT2D eigenvalue weighted by atomic mass is 10.1. The molecule has 0 spiro atoms. The fourth-order valence-corrected chi connectivity index (χ4v) is 3.30. The van der Waals surface area contributed by atoms with Gasteiger partial charge in [-0.15, -0.1) is 5.10 Å². The molecule has 0 bridgehead atoms. The highest BCUT2D eigenvalue weighted by molar-refractivity contribution is 5.77.